The number of rotatable bonds is 16. The van der Waals surface area contributed by atoms with Crippen LogP contribution in [0.1, 0.15) is 87.0 Å². The van der Waals surface area contributed by atoms with Gasteiger partial charge in [0.2, 0.25) is 11.8 Å². The largest absolute Gasteiger partial charge is 0.353 e. The van der Waals surface area contributed by atoms with E-state index in [0.717, 1.165) is 6.42 Å². The van der Waals surface area contributed by atoms with Crippen molar-refractivity contribution in [3.05, 3.63) is 6.92 Å². The number of carbonyl (C=O) groups excluding carboxylic acids is 5. The summed E-state index contributed by atoms with van der Waals surface area (Å²) in [5.41, 5.74) is 0. The van der Waals surface area contributed by atoms with Gasteiger partial charge in [0.05, 0.1) is 0 Å². The van der Waals surface area contributed by atoms with Crippen molar-refractivity contribution in [2.75, 3.05) is 7.05 Å². The fourth-order valence-electron chi connectivity index (χ4n) is 2.93. The van der Waals surface area contributed by atoms with E-state index >= 15 is 0 Å². The van der Waals surface area contributed by atoms with Crippen molar-refractivity contribution in [2.24, 2.45) is 0 Å². The van der Waals surface area contributed by atoms with Crippen LogP contribution in [-0.4, -0.2) is 54.3 Å². The zero-order valence-corrected chi connectivity index (χ0v) is 21.6. The second-order valence-corrected chi connectivity index (χ2v) is 7.27. The summed E-state index contributed by atoms with van der Waals surface area (Å²) in [5.74, 6) is -1.16. The maximum Gasteiger partial charge on any atom is 0.222 e. The molecule has 0 aliphatic heterocycles. The van der Waals surface area contributed by atoms with Crippen LogP contribution < -0.4 is 16.0 Å². The van der Waals surface area contributed by atoms with Crippen molar-refractivity contribution < 1.29 is 56.7 Å². The second-order valence-electron chi connectivity index (χ2n) is 7.27. The topological polar surface area (TPSA) is 121 Å². The third-order valence-electron chi connectivity index (χ3n) is 4.71. The molecule has 0 saturated carbocycles. The normalized spacial score (nSPS) is 12.5. The van der Waals surface area contributed by atoms with E-state index in [9.17, 15) is 24.0 Å². The van der Waals surface area contributed by atoms with Gasteiger partial charge in [-0.3, -0.25) is 19.2 Å². The Morgan fingerprint density at radius 1 is 0.688 bits per heavy atom. The van der Waals surface area contributed by atoms with E-state index in [0.29, 0.717) is 12.8 Å². The summed E-state index contributed by atoms with van der Waals surface area (Å²) >= 11 is 0. The summed E-state index contributed by atoms with van der Waals surface area (Å²) in [6, 6.07) is -1.26. The number of carbonyl (C=O) groups is 5. The summed E-state index contributed by atoms with van der Waals surface area (Å²) in [6.45, 7) is 8.70. The fourth-order valence-corrected chi connectivity index (χ4v) is 2.93. The molecule has 0 rings (SSSR count). The molecule has 3 atom stereocenters. The van der Waals surface area contributed by atoms with E-state index in [4.69, 9.17) is 0 Å². The van der Waals surface area contributed by atoms with Gasteiger partial charge >= 0.3 is 0 Å². The van der Waals surface area contributed by atoms with E-state index in [-0.39, 0.29) is 109 Å². The van der Waals surface area contributed by atoms with E-state index in [2.05, 4.69) is 22.9 Å². The summed E-state index contributed by atoms with van der Waals surface area (Å²) in [5, 5.41) is 8.49. The molecule has 1 radical (unpaired) electrons. The number of nitrogens with one attached hydrogen (secondary N) is 3. The van der Waals surface area contributed by atoms with Crippen LogP contribution in [0.3, 0.4) is 0 Å². The number of hydrogen-bond donors (Lipinski definition) is 3. The number of ketones is 3. The Morgan fingerprint density at radius 2 is 1.06 bits per heavy atom. The van der Waals surface area contributed by atoms with E-state index in [1.165, 1.54) is 0 Å². The average Bonchev–Trinajstić information content (AvgIpc) is 2.64. The molecule has 0 aliphatic carbocycles. The maximum absolute atomic E-state index is 12.5. The van der Waals surface area contributed by atoms with Crippen molar-refractivity contribution >= 4 is 29.2 Å². The molecular weight excluding hydrogens is 487 g/mol. The quantitative estimate of drug-likeness (QED) is 0.263. The predicted molar refractivity (Wildman–Crippen MR) is 125 cm³/mol. The first-order valence-electron chi connectivity index (χ1n) is 10.3. The van der Waals surface area contributed by atoms with Gasteiger partial charge in [-0.15, -0.1) is 0 Å². The van der Waals surface area contributed by atoms with Gasteiger partial charge in [0.25, 0.3) is 0 Å². The Labute approximate surface area is 220 Å². The Bertz CT molecular complexity index is 580. The van der Waals surface area contributed by atoms with Gasteiger partial charge < -0.3 is 27.7 Å². The monoisotopic (exact) mass is 531 g/mol. The van der Waals surface area contributed by atoms with Crippen LogP contribution in [0.5, 0.6) is 0 Å². The molecule has 0 heterocycles. The van der Waals surface area contributed by atoms with Crippen molar-refractivity contribution in [1.29, 1.82) is 0 Å². The third kappa shape index (κ3) is 18.5. The second kappa shape index (κ2) is 21.7. The van der Waals surface area contributed by atoms with Crippen LogP contribution in [0.4, 0.5) is 0 Å². The molecule has 0 aromatic carbocycles. The molecule has 0 aromatic heterocycles. The molecular formula is C23H44N3O5Y-. The Kier molecular flexibility index (Phi) is 25.9. The first-order valence-corrected chi connectivity index (χ1v) is 10.3. The first kappa shape index (κ1) is 38.2. The van der Waals surface area contributed by atoms with Gasteiger partial charge in [-0.1, -0.05) is 35.6 Å². The molecule has 0 aliphatic rings. The van der Waals surface area contributed by atoms with Gasteiger partial charge in [-0.05, 0) is 25.7 Å². The van der Waals surface area contributed by atoms with Gasteiger partial charge in [-0.25, -0.2) is 0 Å². The minimum Gasteiger partial charge on any atom is -0.353 e. The minimum absolute atomic E-state index is 0. The standard InChI is InChI=1S/C21H36N3O5.2CH4.Y/c1-6-15(22-5)12-20(28)24-17(11-19(27)8-3)13-21(29)23-16(9-14(4)25)10-18(26)7-2;;;/h15-17,22H,4,6-13H2,1-3,5H3,(H,23,29)(H,24,28);2*1H4;/q-1;;;. The van der Waals surface area contributed by atoms with Gasteiger partial charge in [0, 0.05) is 89.4 Å². The first-order chi connectivity index (χ1) is 13.6. The summed E-state index contributed by atoms with van der Waals surface area (Å²) in [4.78, 5) is 59.7. The van der Waals surface area contributed by atoms with Crippen LogP contribution in [0, 0.1) is 6.92 Å². The molecule has 0 saturated heterocycles. The zero-order valence-electron chi connectivity index (χ0n) is 18.7. The predicted octanol–water partition coefficient (Wildman–Crippen LogP) is 2.54. The van der Waals surface area contributed by atoms with Gasteiger partial charge in [0.1, 0.15) is 11.6 Å². The molecule has 32 heavy (non-hydrogen) atoms. The fraction of sp³-hybridized carbons (Fsp3) is 0.739. The molecule has 0 spiro atoms. The SMILES string of the molecule is C.C.[CH2-]C(=O)CC(CC(=O)CC)NC(=O)CC(CC(=O)CC)NC(=O)CC(CC)NC.[Y]. The number of amides is 2. The van der Waals surface area contributed by atoms with Crippen molar-refractivity contribution in [3.8, 4) is 0 Å². The molecule has 0 bridgehead atoms. The summed E-state index contributed by atoms with van der Waals surface area (Å²) in [7, 11) is 1.77. The molecule has 0 fully saturated rings. The smallest absolute Gasteiger partial charge is 0.222 e. The van der Waals surface area contributed by atoms with Crippen molar-refractivity contribution in [1.82, 2.24) is 16.0 Å². The van der Waals surface area contributed by atoms with Crippen LogP contribution in [0.25, 0.3) is 0 Å². The van der Waals surface area contributed by atoms with E-state index in [1.54, 1.807) is 20.9 Å². The van der Waals surface area contributed by atoms with Crippen LogP contribution in [-0.2, 0) is 56.7 Å². The molecule has 0 aromatic rings. The molecule has 2 amide bonds. The van der Waals surface area contributed by atoms with Crippen molar-refractivity contribution in [2.45, 2.75) is 105 Å². The van der Waals surface area contributed by atoms with E-state index in [1.807, 2.05) is 6.92 Å². The Morgan fingerprint density at radius 3 is 1.38 bits per heavy atom. The molecule has 185 valence electrons. The van der Waals surface area contributed by atoms with Crippen LogP contribution in [0.15, 0.2) is 0 Å². The Balaban J connectivity index is -0.00000131. The summed E-state index contributed by atoms with van der Waals surface area (Å²) in [6.07, 6.45) is 1.60. The summed E-state index contributed by atoms with van der Waals surface area (Å²) < 4.78 is 0. The van der Waals surface area contributed by atoms with E-state index < -0.39 is 18.0 Å². The minimum atomic E-state index is -0.637. The maximum atomic E-state index is 12.5. The molecule has 9 heteroatoms. The van der Waals surface area contributed by atoms with Crippen LogP contribution in [0.2, 0.25) is 0 Å². The van der Waals surface area contributed by atoms with Crippen LogP contribution >= 0.6 is 0 Å². The zero-order chi connectivity index (χ0) is 22.4. The number of Topliss-reactive ketones (excluding diaryl/α,β-unsaturated/α-hetero) is 3. The molecule has 3 N–H and O–H groups in total. The van der Waals surface area contributed by atoms with Crippen molar-refractivity contribution in [3.63, 3.8) is 0 Å². The van der Waals surface area contributed by atoms with Gasteiger partial charge in [-0.2, -0.15) is 0 Å². The third-order valence-corrected chi connectivity index (χ3v) is 4.71. The molecule has 8 nitrogen and oxygen atoms in total. The number of hydrogen-bond acceptors (Lipinski definition) is 6. The molecule has 3 unspecified atom stereocenters. The average molecular weight is 532 g/mol. The Hall–Kier alpha value is -1.12. The van der Waals surface area contributed by atoms with Gasteiger partial charge in [0.15, 0.2) is 0 Å².